The Morgan fingerprint density at radius 3 is 2.21 bits per heavy atom. The minimum atomic E-state index is 0.692. The fraction of sp³-hybridized carbons (Fsp3) is 1.00. The molecule has 0 radical (unpaired) electrons. The van der Waals surface area contributed by atoms with Gasteiger partial charge in [-0.3, -0.25) is 0 Å². The average molecular weight is 198 g/mol. The highest BCUT2D eigenvalue weighted by atomic mass is 14.9. The first kappa shape index (κ1) is 12.0. The molecule has 2 nitrogen and oxygen atoms in total. The van der Waals surface area contributed by atoms with Crippen molar-refractivity contribution in [1.82, 2.24) is 10.6 Å². The van der Waals surface area contributed by atoms with E-state index in [1.165, 1.54) is 6.42 Å². The highest BCUT2D eigenvalue weighted by Crippen LogP contribution is 2.37. The van der Waals surface area contributed by atoms with Crippen LogP contribution in [0.3, 0.4) is 0 Å². The van der Waals surface area contributed by atoms with Gasteiger partial charge in [-0.15, -0.1) is 0 Å². The van der Waals surface area contributed by atoms with Crippen LogP contribution in [0.5, 0.6) is 0 Å². The molecule has 0 heterocycles. The van der Waals surface area contributed by atoms with E-state index in [0.717, 1.165) is 30.2 Å². The lowest BCUT2D eigenvalue weighted by atomic mass is 9.67. The number of hydrogen-bond acceptors (Lipinski definition) is 2. The van der Waals surface area contributed by atoms with Crippen molar-refractivity contribution in [3.8, 4) is 0 Å². The van der Waals surface area contributed by atoms with Gasteiger partial charge < -0.3 is 10.6 Å². The van der Waals surface area contributed by atoms with E-state index in [1.807, 2.05) is 0 Å². The van der Waals surface area contributed by atoms with E-state index in [4.69, 9.17) is 0 Å². The zero-order valence-corrected chi connectivity index (χ0v) is 10.3. The minimum Gasteiger partial charge on any atom is -0.319 e. The van der Waals surface area contributed by atoms with Crippen LogP contribution in [0.4, 0.5) is 0 Å². The van der Waals surface area contributed by atoms with Crippen molar-refractivity contribution in [1.29, 1.82) is 0 Å². The molecule has 1 aliphatic carbocycles. The fourth-order valence-corrected chi connectivity index (χ4v) is 3.09. The fourth-order valence-electron chi connectivity index (χ4n) is 3.09. The maximum Gasteiger partial charge on any atom is 0.0121 e. The van der Waals surface area contributed by atoms with Crippen LogP contribution in [0.1, 0.15) is 27.2 Å². The first-order valence-corrected chi connectivity index (χ1v) is 5.93. The van der Waals surface area contributed by atoms with Crippen molar-refractivity contribution in [3.63, 3.8) is 0 Å². The van der Waals surface area contributed by atoms with E-state index < -0.39 is 0 Å². The molecule has 0 amide bonds. The van der Waals surface area contributed by atoms with Crippen molar-refractivity contribution in [2.75, 3.05) is 20.6 Å². The quantitative estimate of drug-likeness (QED) is 0.721. The lowest BCUT2D eigenvalue weighted by Crippen LogP contribution is -2.49. The summed E-state index contributed by atoms with van der Waals surface area (Å²) in [5, 5.41) is 6.81. The number of rotatable bonds is 3. The Labute approximate surface area is 88.8 Å². The second-order valence-electron chi connectivity index (χ2n) is 5.06. The van der Waals surface area contributed by atoms with E-state index in [0.29, 0.717) is 6.04 Å². The Balaban J connectivity index is 2.65. The van der Waals surface area contributed by atoms with Gasteiger partial charge in [0.05, 0.1) is 0 Å². The van der Waals surface area contributed by atoms with Gasteiger partial charge in [0.2, 0.25) is 0 Å². The van der Waals surface area contributed by atoms with Crippen LogP contribution < -0.4 is 10.6 Å². The third-order valence-corrected chi connectivity index (χ3v) is 4.25. The molecule has 0 bridgehead atoms. The van der Waals surface area contributed by atoms with E-state index in [2.05, 4.69) is 45.5 Å². The predicted octanol–water partition coefficient (Wildman–Crippen LogP) is 1.72. The molecule has 14 heavy (non-hydrogen) atoms. The first-order chi connectivity index (χ1) is 6.61. The van der Waals surface area contributed by atoms with Crippen molar-refractivity contribution in [2.24, 2.45) is 23.7 Å². The van der Waals surface area contributed by atoms with Crippen LogP contribution in [0.15, 0.2) is 0 Å². The molecule has 1 saturated carbocycles. The number of hydrogen-bond donors (Lipinski definition) is 2. The van der Waals surface area contributed by atoms with E-state index >= 15 is 0 Å². The highest BCUT2D eigenvalue weighted by molar-refractivity contribution is 4.91. The van der Waals surface area contributed by atoms with Crippen molar-refractivity contribution >= 4 is 0 Å². The Morgan fingerprint density at radius 1 is 1.07 bits per heavy atom. The smallest absolute Gasteiger partial charge is 0.0121 e. The third kappa shape index (κ3) is 2.29. The summed E-state index contributed by atoms with van der Waals surface area (Å²) < 4.78 is 0. The van der Waals surface area contributed by atoms with E-state index in [-0.39, 0.29) is 0 Å². The largest absolute Gasteiger partial charge is 0.319 e. The summed E-state index contributed by atoms with van der Waals surface area (Å²) >= 11 is 0. The van der Waals surface area contributed by atoms with Gasteiger partial charge in [-0.1, -0.05) is 20.8 Å². The van der Waals surface area contributed by atoms with Gasteiger partial charge in [-0.05, 0) is 50.7 Å². The van der Waals surface area contributed by atoms with Crippen molar-refractivity contribution in [2.45, 2.75) is 33.2 Å². The topological polar surface area (TPSA) is 24.1 Å². The lowest BCUT2D eigenvalue weighted by Gasteiger charge is -2.44. The normalized spacial score (nSPS) is 43.9. The molecule has 0 aromatic heterocycles. The minimum absolute atomic E-state index is 0.692. The summed E-state index contributed by atoms with van der Waals surface area (Å²) in [5.74, 6) is 3.28. The third-order valence-electron chi connectivity index (χ3n) is 4.25. The van der Waals surface area contributed by atoms with E-state index in [9.17, 15) is 0 Å². The van der Waals surface area contributed by atoms with Crippen molar-refractivity contribution in [3.05, 3.63) is 0 Å². The van der Waals surface area contributed by atoms with Crippen LogP contribution in [0.2, 0.25) is 0 Å². The molecular weight excluding hydrogens is 172 g/mol. The predicted molar refractivity (Wildman–Crippen MR) is 62.4 cm³/mol. The number of nitrogens with one attached hydrogen (secondary N) is 2. The van der Waals surface area contributed by atoms with Gasteiger partial charge in [0.15, 0.2) is 0 Å². The zero-order valence-electron chi connectivity index (χ0n) is 10.3. The van der Waals surface area contributed by atoms with Gasteiger partial charge >= 0.3 is 0 Å². The van der Waals surface area contributed by atoms with Crippen molar-refractivity contribution < 1.29 is 0 Å². The van der Waals surface area contributed by atoms with Gasteiger partial charge in [0.25, 0.3) is 0 Å². The molecule has 0 aromatic rings. The van der Waals surface area contributed by atoms with Gasteiger partial charge in [0.1, 0.15) is 0 Å². The molecule has 1 aliphatic rings. The van der Waals surface area contributed by atoms with Crippen LogP contribution in [-0.2, 0) is 0 Å². The summed E-state index contributed by atoms with van der Waals surface area (Å²) in [6, 6.07) is 0.692. The Bertz CT molecular complexity index is 170. The van der Waals surface area contributed by atoms with Crippen LogP contribution >= 0.6 is 0 Å². The highest BCUT2D eigenvalue weighted by Gasteiger charge is 2.37. The molecule has 5 unspecified atom stereocenters. The second kappa shape index (κ2) is 5.13. The average Bonchev–Trinajstić information content (AvgIpc) is 2.16. The molecular formula is C12H26N2. The summed E-state index contributed by atoms with van der Waals surface area (Å²) in [6.45, 7) is 8.34. The van der Waals surface area contributed by atoms with Gasteiger partial charge in [0, 0.05) is 6.04 Å². The van der Waals surface area contributed by atoms with Gasteiger partial charge in [-0.25, -0.2) is 0 Å². The van der Waals surface area contributed by atoms with E-state index in [1.54, 1.807) is 0 Å². The SMILES string of the molecule is CNCC1CC(C)C(C)C(NC)C1C. The molecule has 1 fully saturated rings. The molecule has 0 aliphatic heterocycles. The maximum absolute atomic E-state index is 3.49. The summed E-state index contributed by atoms with van der Waals surface area (Å²) in [5.41, 5.74) is 0. The summed E-state index contributed by atoms with van der Waals surface area (Å²) in [6.07, 6.45) is 1.38. The lowest BCUT2D eigenvalue weighted by molar-refractivity contribution is 0.0966. The second-order valence-corrected chi connectivity index (χ2v) is 5.06. The molecule has 5 atom stereocenters. The molecule has 0 aromatic carbocycles. The summed E-state index contributed by atoms with van der Waals surface area (Å²) in [7, 11) is 4.16. The Morgan fingerprint density at radius 2 is 1.71 bits per heavy atom. The Kier molecular flexibility index (Phi) is 4.39. The van der Waals surface area contributed by atoms with Gasteiger partial charge in [-0.2, -0.15) is 0 Å². The maximum atomic E-state index is 3.49. The van der Waals surface area contributed by atoms with Crippen LogP contribution in [0.25, 0.3) is 0 Å². The van der Waals surface area contributed by atoms with Crippen LogP contribution in [-0.4, -0.2) is 26.7 Å². The first-order valence-electron chi connectivity index (χ1n) is 5.93. The Hall–Kier alpha value is -0.0800. The molecule has 0 saturated heterocycles. The molecule has 84 valence electrons. The molecule has 2 N–H and O–H groups in total. The molecule has 1 rings (SSSR count). The monoisotopic (exact) mass is 198 g/mol. The standard InChI is InChI=1S/C12H26N2/c1-8-6-11(7-13-4)10(3)12(14-5)9(8)2/h8-14H,6-7H2,1-5H3. The van der Waals surface area contributed by atoms with Crippen LogP contribution in [0, 0.1) is 23.7 Å². The zero-order chi connectivity index (χ0) is 10.7. The molecule has 2 heteroatoms. The molecule has 0 spiro atoms. The summed E-state index contributed by atoms with van der Waals surface area (Å²) in [4.78, 5) is 0.